The summed E-state index contributed by atoms with van der Waals surface area (Å²) in [6.45, 7) is 3.07. The number of carbonyl (C=O) groups is 4. The van der Waals surface area contributed by atoms with Gasteiger partial charge >= 0.3 is 18.1 Å². The minimum absolute atomic E-state index is 0.00589. The molecule has 0 aliphatic carbocycles. The number of rotatable bonds is 3. The lowest BCUT2D eigenvalue weighted by atomic mass is 9.76. The van der Waals surface area contributed by atoms with E-state index in [0.717, 1.165) is 18.5 Å². The zero-order chi connectivity index (χ0) is 25.8. The second-order valence-corrected chi connectivity index (χ2v) is 8.74. The average molecular weight is 487 g/mol. The molecule has 0 aromatic heterocycles. The summed E-state index contributed by atoms with van der Waals surface area (Å²) in [6, 6.07) is 6.80. The van der Waals surface area contributed by atoms with E-state index in [1.54, 1.807) is 0 Å². The minimum atomic E-state index is -5.08. The van der Waals surface area contributed by atoms with Crippen LogP contribution in [0.15, 0.2) is 24.3 Å². The van der Waals surface area contributed by atoms with Crippen LogP contribution in [0.1, 0.15) is 36.5 Å². The fourth-order valence-corrected chi connectivity index (χ4v) is 4.24. The Morgan fingerprint density at radius 2 is 1.53 bits per heavy atom. The third-order valence-corrected chi connectivity index (χ3v) is 6.18. The predicted molar refractivity (Wildman–Crippen MR) is 115 cm³/mol. The van der Waals surface area contributed by atoms with E-state index in [4.69, 9.17) is 9.90 Å². The van der Waals surface area contributed by atoms with Crippen molar-refractivity contribution in [1.82, 2.24) is 9.80 Å². The van der Waals surface area contributed by atoms with Crippen molar-refractivity contribution < 1.29 is 42.6 Å². The summed E-state index contributed by atoms with van der Waals surface area (Å²) < 4.78 is 31.7. The molecule has 1 unspecified atom stereocenters. The summed E-state index contributed by atoms with van der Waals surface area (Å²) in [7, 11) is 3.91. The van der Waals surface area contributed by atoms with Gasteiger partial charge in [0.15, 0.2) is 0 Å². The first kappa shape index (κ1) is 26.9. The first-order valence-corrected chi connectivity index (χ1v) is 10.5. The van der Waals surface area contributed by atoms with Gasteiger partial charge in [-0.15, -0.1) is 0 Å². The molecular weight excluding hydrogens is 459 g/mol. The van der Waals surface area contributed by atoms with Gasteiger partial charge in [0.2, 0.25) is 5.91 Å². The molecule has 1 aromatic rings. The number of carboxylic acids is 2. The fourth-order valence-electron chi connectivity index (χ4n) is 4.24. The third kappa shape index (κ3) is 6.39. The number of anilines is 1. The molecule has 1 atom stereocenters. The van der Waals surface area contributed by atoms with Gasteiger partial charge in [0, 0.05) is 51.9 Å². The van der Waals surface area contributed by atoms with E-state index in [-0.39, 0.29) is 17.2 Å². The van der Waals surface area contributed by atoms with Gasteiger partial charge in [-0.3, -0.25) is 9.59 Å². The molecule has 2 fully saturated rings. The molecule has 3 rings (SSSR count). The van der Waals surface area contributed by atoms with Gasteiger partial charge in [-0.1, -0.05) is 0 Å². The molecule has 188 valence electrons. The Morgan fingerprint density at radius 1 is 1.03 bits per heavy atom. The van der Waals surface area contributed by atoms with E-state index in [1.165, 1.54) is 11.8 Å². The van der Waals surface area contributed by atoms with Crippen LogP contribution in [0, 0.1) is 5.41 Å². The molecule has 2 heterocycles. The Morgan fingerprint density at radius 3 is 1.88 bits per heavy atom. The number of likely N-dealkylation sites (tertiary alicyclic amines) is 2. The molecule has 0 saturated carbocycles. The average Bonchev–Trinajstić information content (AvgIpc) is 3.13. The summed E-state index contributed by atoms with van der Waals surface area (Å²) >= 11 is 0. The zero-order valence-electron chi connectivity index (χ0n) is 19.1. The van der Waals surface area contributed by atoms with Crippen molar-refractivity contribution >= 4 is 29.4 Å². The van der Waals surface area contributed by atoms with E-state index in [0.29, 0.717) is 31.6 Å². The van der Waals surface area contributed by atoms with Crippen molar-refractivity contribution in [2.24, 2.45) is 5.41 Å². The predicted octanol–water partition coefficient (Wildman–Crippen LogP) is 2.31. The van der Waals surface area contributed by atoms with Crippen molar-refractivity contribution in [1.29, 1.82) is 0 Å². The quantitative estimate of drug-likeness (QED) is 0.672. The number of carboxylic acid groups (broad SMARTS) is 2. The van der Waals surface area contributed by atoms with Crippen molar-refractivity contribution in [2.45, 2.75) is 38.4 Å². The van der Waals surface area contributed by atoms with Crippen LogP contribution < -0.4 is 4.90 Å². The maximum atomic E-state index is 12.8. The van der Waals surface area contributed by atoms with E-state index < -0.39 is 24.2 Å². The number of amides is 2. The number of piperidine rings is 1. The maximum Gasteiger partial charge on any atom is 0.490 e. The second-order valence-electron chi connectivity index (χ2n) is 8.74. The van der Waals surface area contributed by atoms with Crippen molar-refractivity contribution in [3.63, 3.8) is 0 Å². The SMILES string of the molecule is CC(=O)N1CC2(CCN(C(=O)c3ccc(N(C)C)cc3)CC2)CC1C(=O)O.O=C(O)C(F)(F)F. The van der Waals surface area contributed by atoms with Gasteiger partial charge in [-0.05, 0) is 48.9 Å². The Hall–Kier alpha value is -3.31. The van der Waals surface area contributed by atoms with E-state index in [1.807, 2.05) is 48.2 Å². The highest BCUT2D eigenvalue weighted by molar-refractivity contribution is 5.94. The molecule has 2 aliphatic heterocycles. The number of alkyl halides is 3. The van der Waals surface area contributed by atoms with Crippen molar-refractivity contribution in [2.75, 3.05) is 38.6 Å². The summed E-state index contributed by atoms with van der Waals surface area (Å²) in [5.74, 6) is -3.89. The van der Waals surface area contributed by atoms with Crippen LogP contribution in [0.5, 0.6) is 0 Å². The summed E-state index contributed by atoms with van der Waals surface area (Å²) in [6.07, 6.45) is -3.16. The molecule has 1 aromatic carbocycles. The van der Waals surface area contributed by atoms with Gasteiger partial charge in [0.25, 0.3) is 5.91 Å². The molecule has 1 spiro atoms. The van der Waals surface area contributed by atoms with Gasteiger partial charge in [0.05, 0.1) is 0 Å². The number of aliphatic carboxylic acids is 2. The Labute approximate surface area is 194 Å². The van der Waals surface area contributed by atoms with Gasteiger partial charge in [-0.2, -0.15) is 13.2 Å². The Bertz CT molecular complexity index is 901. The first-order valence-electron chi connectivity index (χ1n) is 10.5. The van der Waals surface area contributed by atoms with Gasteiger partial charge in [-0.25, -0.2) is 9.59 Å². The topological polar surface area (TPSA) is 118 Å². The largest absolute Gasteiger partial charge is 0.490 e. The zero-order valence-corrected chi connectivity index (χ0v) is 19.1. The summed E-state index contributed by atoms with van der Waals surface area (Å²) in [4.78, 5) is 50.3. The van der Waals surface area contributed by atoms with Crippen LogP contribution in [0.25, 0.3) is 0 Å². The van der Waals surface area contributed by atoms with Crippen LogP contribution in [0.3, 0.4) is 0 Å². The summed E-state index contributed by atoms with van der Waals surface area (Å²) in [5, 5.41) is 16.6. The molecule has 0 radical (unpaired) electrons. The highest BCUT2D eigenvalue weighted by Gasteiger charge is 2.49. The standard InChI is InChI=1S/C20H27N3O4.C2HF3O2/c1-14(24)23-13-20(12-17(23)19(26)27)8-10-22(11-9-20)18(25)15-4-6-16(7-5-15)21(2)3;3-2(4,5)1(6)7/h4-7,17H,8-13H2,1-3H3,(H,26,27);(H,6,7). The number of hydrogen-bond donors (Lipinski definition) is 2. The molecule has 2 N–H and O–H groups in total. The number of halogens is 3. The van der Waals surface area contributed by atoms with Crippen LogP contribution in [-0.4, -0.2) is 89.7 Å². The van der Waals surface area contributed by atoms with E-state index in [9.17, 15) is 32.7 Å². The number of benzene rings is 1. The van der Waals surface area contributed by atoms with Crippen LogP contribution in [0.2, 0.25) is 0 Å². The molecule has 2 amide bonds. The highest BCUT2D eigenvalue weighted by atomic mass is 19.4. The monoisotopic (exact) mass is 487 g/mol. The number of nitrogens with zero attached hydrogens (tertiary/aromatic N) is 3. The molecule has 0 bridgehead atoms. The van der Waals surface area contributed by atoms with Crippen LogP contribution >= 0.6 is 0 Å². The highest BCUT2D eigenvalue weighted by Crippen LogP contribution is 2.43. The molecule has 34 heavy (non-hydrogen) atoms. The molecule has 2 saturated heterocycles. The lowest BCUT2D eigenvalue weighted by Crippen LogP contribution is -2.44. The molecule has 12 heteroatoms. The van der Waals surface area contributed by atoms with Crippen LogP contribution in [0.4, 0.5) is 18.9 Å². The van der Waals surface area contributed by atoms with Gasteiger partial charge in [0.1, 0.15) is 6.04 Å². The maximum absolute atomic E-state index is 12.8. The minimum Gasteiger partial charge on any atom is -0.480 e. The first-order chi connectivity index (χ1) is 15.7. The number of hydrogen-bond acceptors (Lipinski definition) is 5. The van der Waals surface area contributed by atoms with Gasteiger partial charge < -0.3 is 24.9 Å². The lowest BCUT2D eigenvalue weighted by Gasteiger charge is -2.39. The van der Waals surface area contributed by atoms with E-state index in [2.05, 4.69) is 0 Å². The van der Waals surface area contributed by atoms with Crippen molar-refractivity contribution in [3.05, 3.63) is 29.8 Å². The third-order valence-electron chi connectivity index (χ3n) is 6.18. The Kier molecular flexibility index (Phi) is 8.17. The van der Waals surface area contributed by atoms with Crippen molar-refractivity contribution in [3.8, 4) is 0 Å². The second kappa shape index (κ2) is 10.3. The summed E-state index contributed by atoms with van der Waals surface area (Å²) in [5.41, 5.74) is 1.51. The molecule has 2 aliphatic rings. The smallest absolute Gasteiger partial charge is 0.480 e. The molecule has 9 nitrogen and oxygen atoms in total. The van der Waals surface area contributed by atoms with Crippen LogP contribution in [-0.2, 0) is 14.4 Å². The van der Waals surface area contributed by atoms with E-state index >= 15 is 0 Å². The Balaban J connectivity index is 0.000000509. The normalized spacial score (nSPS) is 19.3. The lowest BCUT2D eigenvalue weighted by molar-refractivity contribution is -0.192. The molecular formula is C22H28F3N3O6. The fraction of sp³-hybridized carbons (Fsp3) is 0.545. The number of carbonyl (C=O) groups excluding carboxylic acids is 2.